The molecule has 1 aromatic heterocycles. The molecule has 1 aromatic rings. The molecule has 0 saturated heterocycles. The minimum absolute atomic E-state index is 0.0159. The third kappa shape index (κ3) is 1.30. The predicted molar refractivity (Wildman–Crippen MR) is 46.0 cm³/mol. The zero-order chi connectivity index (χ0) is 10.0. The number of pyridine rings is 1. The Morgan fingerprint density at radius 2 is 1.69 bits per heavy atom. The molecular weight excluding hydrogens is 166 g/mol. The normalized spacial score (nSPS) is 8.92. The third-order valence-electron chi connectivity index (χ3n) is 1.88. The molecular formula is C9H7N3O. The van der Waals surface area contributed by atoms with E-state index in [1.165, 1.54) is 0 Å². The van der Waals surface area contributed by atoms with Gasteiger partial charge in [-0.1, -0.05) is 0 Å². The van der Waals surface area contributed by atoms with Gasteiger partial charge in [0.1, 0.15) is 17.7 Å². The van der Waals surface area contributed by atoms with Crippen LogP contribution >= 0.6 is 0 Å². The Kier molecular flexibility index (Phi) is 2.17. The molecule has 0 aromatic carbocycles. The van der Waals surface area contributed by atoms with Crippen molar-refractivity contribution in [3.63, 3.8) is 0 Å². The number of nitriles is 2. The van der Waals surface area contributed by atoms with Gasteiger partial charge in [0.15, 0.2) is 0 Å². The first-order valence-corrected chi connectivity index (χ1v) is 3.65. The number of aryl methyl sites for hydroxylation is 1. The molecule has 0 spiro atoms. The van der Waals surface area contributed by atoms with Crippen molar-refractivity contribution in [2.45, 2.75) is 13.8 Å². The smallest absolute Gasteiger partial charge is 0.266 e. The highest BCUT2D eigenvalue weighted by atomic mass is 16.1. The molecule has 0 amide bonds. The lowest BCUT2D eigenvalue weighted by Gasteiger charge is -2.01. The minimum atomic E-state index is -0.434. The van der Waals surface area contributed by atoms with Gasteiger partial charge in [0, 0.05) is 5.69 Å². The second kappa shape index (κ2) is 3.12. The van der Waals surface area contributed by atoms with Crippen LogP contribution in [-0.4, -0.2) is 4.98 Å². The van der Waals surface area contributed by atoms with Crippen LogP contribution < -0.4 is 5.56 Å². The van der Waals surface area contributed by atoms with Gasteiger partial charge in [-0.2, -0.15) is 10.5 Å². The van der Waals surface area contributed by atoms with Gasteiger partial charge in [-0.05, 0) is 19.4 Å². The summed E-state index contributed by atoms with van der Waals surface area (Å²) in [4.78, 5) is 13.6. The van der Waals surface area contributed by atoms with Gasteiger partial charge in [0.25, 0.3) is 5.56 Å². The lowest BCUT2D eigenvalue weighted by Crippen LogP contribution is -2.15. The van der Waals surface area contributed by atoms with Crippen molar-refractivity contribution in [1.29, 1.82) is 10.5 Å². The summed E-state index contributed by atoms with van der Waals surface area (Å²) in [5.74, 6) is 0. The highest BCUT2D eigenvalue weighted by Crippen LogP contribution is 2.10. The molecule has 0 aliphatic rings. The standard InChI is InChI=1S/C9H7N3O/c1-5-7(3-10)6(2)12-9(13)8(5)4-11/h1-2H3,(H,12,13). The van der Waals surface area contributed by atoms with Gasteiger partial charge in [-0.25, -0.2) is 0 Å². The lowest BCUT2D eigenvalue weighted by molar-refractivity contribution is 1.09. The fourth-order valence-electron chi connectivity index (χ4n) is 1.17. The van der Waals surface area contributed by atoms with Gasteiger partial charge in [0.05, 0.1) is 5.56 Å². The maximum absolute atomic E-state index is 11.2. The number of H-pyrrole nitrogens is 1. The zero-order valence-corrected chi connectivity index (χ0v) is 7.30. The molecule has 13 heavy (non-hydrogen) atoms. The van der Waals surface area contributed by atoms with E-state index in [0.29, 0.717) is 16.8 Å². The number of hydrogen-bond acceptors (Lipinski definition) is 3. The molecule has 0 aliphatic carbocycles. The number of nitrogens with one attached hydrogen (secondary N) is 1. The van der Waals surface area contributed by atoms with E-state index in [9.17, 15) is 4.79 Å². The summed E-state index contributed by atoms with van der Waals surface area (Å²) in [5.41, 5.74) is 0.907. The second-order valence-corrected chi connectivity index (χ2v) is 2.68. The first kappa shape index (κ1) is 9.02. The van der Waals surface area contributed by atoms with Crippen LogP contribution in [0, 0.1) is 36.5 Å². The van der Waals surface area contributed by atoms with Crippen LogP contribution in [0.15, 0.2) is 4.79 Å². The molecule has 0 radical (unpaired) electrons. The van der Waals surface area contributed by atoms with Crippen LogP contribution in [0.1, 0.15) is 22.4 Å². The maximum atomic E-state index is 11.2. The average Bonchev–Trinajstić information content (AvgIpc) is 2.04. The van der Waals surface area contributed by atoms with Crippen molar-refractivity contribution in [2.75, 3.05) is 0 Å². The van der Waals surface area contributed by atoms with Crippen molar-refractivity contribution in [3.05, 3.63) is 32.7 Å². The van der Waals surface area contributed by atoms with Crippen LogP contribution in [0.25, 0.3) is 0 Å². The average molecular weight is 173 g/mol. The van der Waals surface area contributed by atoms with Crippen LogP contribution in [0.2, 0.25) is 0 Å². The lowest BCUT2D eigenvalue weighted by atomic mass is 10.0. The van der Waals surface area contributed by atoms with Gasteiger partial charge in [-0.15, -0.1) is 0 Å². The highest BCUT2D eigenvalue weighted by molar-refractivity contribution is 5.47. The molecule has 0 saturated carbocycles. The van der Waals surface area contributed by atoms with E-state index in [1.54, 1.807) is 19.9 Å². The Morgan fingerprint density at radius 3 is 2.15 bits per heavy atom. The van der Waals surface area contributed by atoms with Crippen LogP contribution in [-0.2, 0) is 0 Å². The first-order chi connectivity index (χ1) is 6.11. The van der Waals surface area contributed by atoms with E-state index in [0.717, 1.165) is 0 Å². The van der Waals surface area contributed by atoms with Gasteiger partial charge < -0.3 is 4.98 Å². The van der Waals surface area contributed by atoms with Crippen molar-refractivity contribution in [2.24, 2.45) is 0 Å². The monoisotopic (exact) mass is 173 g/mol. The number of rotatable bonds is 0. The fourth-order valence-corrected chi connectivity index (χ4v) is 1.17. The largest absolute Gasteiger partial charge is 0.324 e. The van der Waals surface area contributed by atoms with Gasteiger partial charge in [-0.3, -0.25) is 4.79 Å². The summed E-state index contributed by atoms with van der Waals surface area (Å²) in [6.07, 6.45) is 0. The van der Waals surface area contributed by atoms with Gasteiger partial charge in [0.2, 0.25) is 0 Å². The minimum Gasteiger partial charge on any atom is -0.324 e. The van der Waals surface area contributed by atoms with Gasteiger partial charge >= 0.3 is 0 Å². The number of aromatic nitrogens is 1. The summed E-state index contributed by atoms with van der Waals surface area (Å²) in [5, 5.41) is 17.4. The Bertz CT molecular complexity index is 485. The van der Waals surface area contributed by atoms with E-state index in [4.69, 9.17) is 10.5 Å². The Morgan fingerprint density at radius 1 is 1.15 bits per heavy atom. The molecule has 64 valence electrons. The Balaban J connectivity index is 3.74. The number of aromatic amines is 1. The number of nitrogens with zero attached hydrogens (tertiary/aromatic N) is 2. The van der Waals surface area contributed by atoms with E-state index >= 15 is 0 Å². The van der Waals surface area contributed by atoms with E-state index in [2.05, 4.69) is 4.98 Å². The molecule has 4 nitrogen and oxygen atoms in total. The van der Waals surface area contributed by atoms with E-state index < -0.39 is 5.56 Å². The Hall–Kier alpha value is -2.07. The molecule has 0 unspecified atom stereocenters. The summed E-state index contributed by atoms with van der Waals surface area (Å²) in [6.45, 7) is 3.23. The molecule has 0 atom stereocenters. The first-order valence-electron chi connectivity index (χ1n) is 3.65. The molecule has 1 rings (SSSR count). The van der Waals surface area contributed by atoms with E-state index in [-0.39, 0.29) is 5.56 Å². The van der Waals surface area contributed by atoms with Crippen LogP contribution in [0.5, 0.6) is 0 Å². The Labute approximate surface area is 75.1 Å². The van der Waals surface area contributed by atoms with Crippen molar-refractivity contribution in [1.82, 2.24) is 4.98 Å². The summed E-state index contributed by atoms with van der Waals surface area (Å²) in [7, 11) is 0. The number of hydrogen-bond donors (Lipinski definition) is 1. The van der Waals surface area contributed by atoms with Crippen molar-refractivity contribution >= 4 is 0 Å². The summed E-state index contributed by atoms with van der Waals surface area (Å²) in [6, 6.07) is 3.71. The van der Waals surface area contributed by atoms with Crippen LogP contribution in [0.4, 0.5) is 0 Å². The molecule has 1 N–H and O–H groups in total. The zero-order valence-electron chi connectivity index (χ0n) is 7.30. The highest BCUT2D eigenvalue weighted by Gasteiger charge is 2.10. The quantitative estimate of drug-likeness (QED) is 0.628. The van der Waals surface area contributed by atoms with E-state index in [1.807, 2.05) is 6.07 Å². The molecule has 0 fully saturated rings. The summed E-state index contributed by atoms with van der Waals surface area (Å²) < 4.78 is 0. The molecule has 4 heteroatoms. The third-order valence-corrected chi connectivity index (χ3v) is 1.88. The molecule has 1 heterocycles. The molecule has 0 bridgehead atoms. The molecule has 0 aliphatic heterocycles. The van der Waals surface area contributed by atoms with Crippen LogP contribution in [0.3, 0.4) is 0 Å². The maximum Gasteiger partial charge on any atom is 0.266 e. The van der Waals surface area contributed by atoms with Crippen molar-refractivity contribution in [3.8, 4) is 12.1 Å². The topological polar surface area (TPSA) is 80.4 Å². The second-order valence-electron chi connectivity index (χ2n) is 2.68. The predicted octanol–water partition coefficient (Wildman–Crippen LogP) is 0.735. The SMILES string of the molecule is Cc1[nH]c(=O)c(C#N)c(C)c1C#N. The summed E-state index contributed by atoms with van der Waals surface area (Å²) >= 11 is 0. The van der Waals surface area contributed by atoms with Crippen molar-refractivity contribution < 1.29 is 0 Å². The fraction of sp³-hybridized carbons (Fsp3) is 0.222.